The van der Waals surface area contributed by atoms with Gasteiger partial charge in [0.1, 0.15) is 12.7 Å². The lowest BCUT2D eigenvalue weighted by atomic mass is 9.79. The molecule has 6 heteroatoms. The molecule has 1 rings (SSSR count). The van der Waals surface area contributed by atoms with Gasteiger partial charge in [-0.15, -0.1) is 0 Å². The fourth-order valence-corrected chi connectivity index (χ4v) is 8.69. The van der Waals surface area contributed by atoms with Crippen molar-refractivity contribution >= 4 is 19.1 Å². The third kappa shape index (κ3) is 7.19. The summed E-state index contributed by atoms with van der Waals surface area (Å²) in [5.41, 5.74) is -0.413. The van der Waals surface area contributed by atoms with Gasteiger partial charge in [-0.3, -0.25) is 9.59 Å². The molecule has 0 aromatic heterocycles. The van der Waals surface area contributed by atoms with E-state index in [1.807, 2.05) is 13.8 Å². The van der Waals surface area contributed by atoms with Crippen molar-refractivity contribution < 1.29 is 19.1 Å². The fraction of sp³-hybridized carbons (Fsp3) is 0.917. The van der Waals surface area contributed by atoms with Crippen LogP contribution in [0, 0.1) is 16.7 Å². The molecule has 0 aromatic carbocycles. The van der Waals surface area contributed by atoms with E-state index in [-0.39, 0.29) is 51.6 Å². The average molecular weight is 445 g/mol. The molecule has 1 amide bonds. The second kappa shape index (κ2) is 9.45. The summed E-state index contributed by atoms with van der Waals surface area (Å²) in [6.45, 7) is 26.7. The van der Waals surface area contributed by atoms with Crippen molar-refractivity contribution in [2.75, 3.05) is 26.5 Å². The molecule has 3 atom stereocenters. The highest BCUT2D eigenvalue weighted by Gasteiger charge is 2.62. The van der Waals surface area contributed by atoms with Crippen molar-refractivity contribution in [2.24, 2.45) is 16.7 Å². The smallest absolute Gasteiger partial charge is 0.313 e. The second-order valence-corrected chi connectivity index (χ2v) is 17.3. The summed E-state index contributed by atoms with van der Waals surface area (Å²) in [5, 5.41) is 2.78. The molecular formula is C24H47NO4P+. The van der Waals surface area contributed by atoms with Gasteiger partial charge in [0.05, 0.1) is 17.7 Å². The van der Waals surface area contributed by atoms with Gasteiger partial charge in [0.2, 0.25) is 0 Å². The predicted octanol–water partition coefficient (Wildman–Crippen LogP) is 4.98. The predicted molar refractivity (Wildman–Crippen MR) is 128 cm³/mol. The lowest BCUT2D eigenvalue weighted by Gasteiger charge is -2.48. The first-order valence-electron chi connectivity index (χ1n) is 11.2. The average Bonchev–Trinajstić information content (AvgIpc) is 3.30. The number of esters is 1. The minimum atomic E-state index is -1.96. The van der Waals surface area contributed by atoms with Gasteiger partial charge in [-0.1, -0.05) is 41.5 Å². The van der Waals surface area contributed by atoms with Gasteiger partial charge in [-0.05, 0) is 39.5 Å². The van der Waals surface area contributed by atoms with E-state index in [1.165, 1.54) is 0 Å². The lowest BCUT2D eigenvalue weighted by molar-refractivity contribution is -0.151. The minimum Gasteiger partial charge on any atom is -0.462 e. The van der Waals surface area contributed by atoms with Crippen molar-refractivity contribution in [3.8, 4) is 0 Å². The number of ether oxygens (including phenoxy) is 2. The molecule has 3 unspecified atom stereocenters. The molecule has 0 spiro atoms. The first-order chi connectivity index (χ1) is 13.3. The SMILES string of the molecule is CC(C)NC(=O)C(C(C)(C)C)[P+](C)(C)C(C)(C)C(CC(C)(C)C)C(=O)OCC1CO1. The Morgan fingerprint density at radius 3 is 1.93 bits per heavy atom. The van der Waals surface area contributed by atoms with Crippen LogP contribution in [0.15, 0.2) is 0 Å². The highest BCUT2D eigenvalue weighted by Crippen LogP contribution is 2.72. The standard InChI is InChI=1S/C24H46NO4P/c1-16(2)25-20(26)19(23(6,7)8)30(11,12)24(9,10)18(13-22(3,4)5)21(27)29-15-17-14-28-17/h16-19H,13-15H2,1-12H3/p+1. The van der Waals surface area contributed by atoms with Crippen LogP contribution in [-0.2, 0) is 19.1 Å². The molecule has 1 heterocycles. The summed E-state index contributed by atoms with van der Waals surface area (Å²) in [6, 6.07) is 0.0827. The Kier molecular flexibility index (Phi) is 8.62. The molecule has 1 fully saturated rings. The highest BCUT2D eigenvalue weighted by molar-refractivity contribution is 7.77. The van der Waals surface area contributed by atoms with E-state index >= 15 is 0 Å². The molecule has 5 nitrogen and oxygen atoms in total. The van der Waals surface area contributed by atoms with Gasteiger partial charge < -0.3 is 14.8 Å². The van der Waals surface area contributed by atoms with Crippen molar-refractivity contribution in [3.63, 3.8) is 0 Å². The van der Waals surface area contributed by atoms with E-state index in [9.17, 15) is 9.59 Å². The van der Waals surface area contributed by atoms with Crippen molar-refractivity contribution in [2.45, 2.75) is 98.6 Å². The van der Waals surface area contributed by atoms with E-state index in [0.717, 1.165) is 6.42 Å². The van der Waals surface area contributed by atoms with E-state index < -0.39 is 7.26 Å². The Bertz CT molecular complexity index is 610. The zero-order valence-corrected chi connectivity index (χ0v) is 22.4. The van der Waals surface area contributed by atoms with Crippen LogP contribution < -0.4 is 5.32 Å². The molecule has 1 aliphatic rings. The van der Waals surface area contributed by atoms with E-state index in [1.54, 1.807) is 0 Å². The van der Waals surface area contributed by atoms with Gasteiger partial charge >= 0.3 is 5.97 Å². The number of carbonyl (C=O) groups is 2. The number of nitrogens with one attached hydrogen (secondary N) is 1. The zero-order valence-electron chi connectivity index (χ0n) is 21.5. The molecular weight excluding hydrogens is 397 g/mol. The van der Waals surface area contributed by atoms with Gasteiger partial charge in [-0.25, -0.2) is 0 Å². The third-order valence-corrected chi connectivity index (χ3v) is 12.0. The van der Waals surface area contributed by atoms with E-state index in [2.05, 4.69) is 74.0 Å². The monoisotopic (exact) mass is 444 g/mol. The summed E-state index contributed by atoms with van der Waals surface area (Å²) in [4.78, 5) is 26.7. The van der Waals surface area contributed by atoms with Gasteiger partial charge in [0, 0.05) is 32.0 Å². The van der Waals surface area contributed by atoms with Gasteiger partial charge in [0.15, 0.2) is 5.66 Å². The number of epoxide rings is 1. The molecule has 30 heavy (non-hydrogen) atoms. The summed E-state index contributed by atoms with van der Waals surface area (Å²) >= 11 is 0. The maximum absolute atomic E-state index is 13.4. The maximum Gasteiger partial charge on any atom is 0.313 e. The van der Waals surface area contributed by atoms with Crippen LogP contribution in [0.25, 0.3) is 0 Å². The Morgan fingerprint density at radius 1 is 1.07 bits per heavy atom. The summed E-state index contributed by atoms with van der Waals surface area (Å²) in [5.74, 6) is -0.343. The molecule has 0 bridgehead atoms. The molecule has 1 N–H and O–H groups in total. The summed E-state index contributed by atoms with van der Waals surface area (Å²) in [6.07, 6.45) is 0.769. The van der Waals surface area contributed by atoms with Gasteiger partial charge in [-0.2, -0.15) is 0 Å². The van der Waals surface area contributed by atoms with Crippen LogP contribution in [0.4, 0.5) is 0 Å². The fourth-order valence-electron chi connectivity index (χ4n) is 4.43. The normalized spacial score (nSPS) is 20.0. The maximum atomic E-state index is 13.4. The van der Waals surface area contributed by atoms with Crippen LogP contribution in [0.5, 0.6) is 0 Å². The second-order valence-electron chi connectivity index (χ2n) is 12.5. The number of hydrogen-bond donors (Lipinski definition) is 1. The summed E-state index contributed by atoms with van der Waals surface area (Å²) < 4.78 is 10.9. The molecule has 176 valence electrons. The molecule has 0 aliphatic carbocycles. The Hall–Kier alpha value is -0.670. The van der Waals surface area contributed by atoms with Crippen molar-refractivity contribution in [3.05, 3.63) is 0 Å². The lowest BCUT2D eigenvalue weighted by Crippen LogP contribution is -2.52. The molecule has 0 radical (unpaired) electrons. The van der Waals surface area contributed by atoms with E-state index in [0.29, 0.717) is 13.2 Å². The number of amides is 1. The van der Waals surface area contributed by atoms with Crippen molar-refractivity contribution in [1.29, 1.82) is 0 Å². The van der Waals surface area contributed by atoms with Gasteiger partial charge in [0.25, 0.3) is 5.91 Å². The van der Waals surface area contributed by atoms with E-state index in [4.69, 9.17) is 9.47 Å². The number of rotatable bonds is 9. The van der Waals surface area contributed by atoms with Crippen LogP contribution in [0.3, 0.4) is 0 Å². The minimum absolute atomic E-state index is 0.0333. The third-order valence-electron chi connectivity index (χ3n) is 6.40. The number of carbonyl (C=O) groups excluding carboxylic acids is 2. The van der Waals surface area contributed by atoms with Crippen LogP contribution in [-0.4, -0.2) is 61.4 Å². The van der Waals surface area contributed by atoms with Crippen LogP contribution in [0.1, 0.15) is 75.7 Å². The van der Waals surface area contributed by atoms with Crippen molar-refractivity contribution in [1.82, 2.24) is 5.32 Å². The quantitative estimate of drug-likeness (QED) is 0.309. The number of hydrogen-bond acceptors (Lipinski definition) is 4. The summed E-state index contributed by atoms with van der Waals surface area (Å²) in [7, 11) is -1.96. The zero-order chi connectivity index (χ0) is 23.7. The van der Waals surface area contributed by atoms with Crippen LogP contribution in [0.2, 0.25) is 0 Å². The Labute approximate surface area is 185 Å². The first kappa shape index (κ1) is 27.4. The first-order valence-corrected chi connectivity index (χ1v) is 14.0. The highest BCUT2D eigenvalue weighted by atomic mass is 31.2. The Morgan fingerprint density at radius 2 is 1.57 bits per heavy atom. The molecule has 1 aliphatic heterocycles. The van der Waals surface area contributed by atoms with Crippen LogP contribution >= 0.6 is 7.26 Å². The molecule has 1 saturated heterocycles. The molecule has 0 aromatic rings. The topological polar surface area (TPSA) is 67.9 Å². The largest absolute Gasteiger partial charge is 0.462 e. The Balaban J connectivity index is 3.35. The molecule has 0 saturated carbocycles.